The Bertz CT molecular complexity index is 847. The van der Waals surface area contributed by atoms with E-state index >= 15 is 0 Å². The Balaban J connectivity index is 1.39. The number of carbonyl (C=O) groups is 1. The predicted molar refractivity (Wildman–Crippen MR) is 110 cm³/mol. The molecule has 2 aromatic carbocycles. The number of anilines is 2. The van der Waals surface area contributed by atoms with Crippen LogP contribution < -0.4 is 19.7 Å². The van der Waals surface area contributed by atoms with E-state index in [1.165, 1.54) is 5.69 Å². The molecule has 2 aliphatic heterocycles. The molecule has 1 saturated heterocycles. The average molecular weight is 381 g/mol. The Morgan fingerprint density at radius 1 is 1.11 bits per heavy atom. The van der Waals surface area contributed by atoms with Crippen molar-refractivity contribution < 1.29 is 14.3 Å². The number of likely N-dealkylation sites (N-methyl/N-ethyl adjacent to an activating group) is 1. The van der Waals surface area contributed by atoms with Gasteiger partial charge < -0.3 is 24.6 Å². The molecule has 4 rings (SSSR count). The first kappa shape index (κ1) is 18.6. The second-order valence-electron chi connectivity index (χ2n) is 7.28. The lowest BCUT2D eigenvalue weighted by Gasteiger charge is -2.36. The van der Waals surface area contributed by atoms with Crippen LogP contribution >= 0.6 is 0 Å². The van der Waals surface area contributed by atoms with E-state index in [-0.39, 0.29) is 12.5 Å². The lowest BCUT2D eigenvalue weighted by Crippen LogP contribution is -2.46. The molecule has 1 amide bonds. The van der Waals surface area contributed by atoms with Crippen molar-refractivity contribution in [1.29, 1.82) is 0 Å². The normalized spacial score (nSPS) is 19.4. The third kappa shape index (κ3) is 3.92. The maximum atomic E-state index is 12.6. The highest BCUT2D eigenvalue weighted by Crippen LogP contribution is 2.31. The summed E-state index contributed by atoms with van der Waals surface area (Å²) in [6, 6.07) is 13.5. The van der Waals surface area contributed by atoms with Crippen molar-refractivity contribution >= 4 is 17.3 Å². The fraction of sp³-hybridized carbons (Fsp3) is 0.409. The minimum atomic E-state index is -0.656. The minimum absolute atomic E-state index is 0.196. The Labute approximate surface area is 166 Å². The molecule has 0 aliphatic carbocycles. The number of aryl methyl sites for hydroxylation is 1. The number of para-hydroxylation sites is 2. The van der Waals surface area contributed by atoms with Crippen molar-refractivity contribution in [2.75, 3.05) is 49.5 Å². The monoisotopic (exact) mass is 381 g/mol. The first-order valence-electron chi connectivity index (χ1n) is 9.91. The summed E-state index contributed by atoms with van der Waals surface area (Å²) < 4.78 is 11.4. The number of piperazine rings is 1. The van der Waals surface area contributed by atoms with Gasteiger partial charge in [0.15, 0.2) is 11.5 Å². The van der Waals surface area contributed by atoms with E-state index in [1.54, 1.807) is 0 Å². The van der Waals surface area contributed by atoms with E-state index in [9.17, 15) is 4.79 Å². The number of fused-ring (bicyclic) bond motifs is 1. The van der Waals surface area contributed by atoms with E-state index in [0.29, 0.717) is 11.5 Å². The molecule has 0 saturated carbocycles. The van der Waals surface area contributed by atoms with Crippen molar-refractivity contribution in [3.63, 3.8) is 0 Å². The zero-order valence-electron chi connectivity index (χ0n) is 16.5. The molecule has 0 radical (unpaired) electrons. The topological polar surface area (TPSA) is 54.0 Å². The summed E-state index contributed by atoms with van der Waals surface area (Å²) >= 11 is 0. The highest BCUT2D eigenvalue weighted by Gasteiger charge is 2.27. The first-order valence-corrected chi connectivity index (χ1v) is 9.91. The number of rotatable bonds is 4. The van der Waals surface area contributed by atoms with Crippen LogP contribution in [-0.2, 0) is 4.79 Å². The standard InChI is InChI=1S/C22H27N3O3/c1-3-24-10-12-25(13-11-24)18-9-8-17(14-16(18)2)23-22(26)21-15-27-19-6-4-5-7-20(19)28-21/h4-9,14,21H,3,10-13,15H2,1-2H3,(H,23,26)/t21-/m0/s1. The Kier molecular flexibility index (Phi) is 5.39. The van der Waals surface area contributed by atoms with Gasteiger partial charge in [0.05, 0.1) is 0 Å². The molecule has 28 heavy (non-hydrogen) atoms. The molecule has 1 N–H and O–H groups in total. The van der Waals surface area contributed by atoms with Gasteiger partial charge in [-0.05, 0) is 49.4 Å². The van der Waals surface area contributed by atoms with Gasteiger partial charge >= 0.3 is 0 Å². The lowest BCUT2D eigenvalue weighted by molar-refractivity contribution is -0.125. The molecular weight excluding hydrogens is 354 g/mol. The maximum absolute atomic E-state index is 12.6. The second kappa shape index (κ2) is 8.10. The summed E-state index contributed by atoms with van der Waals surface area (Å²) in [7, 11) is 0. The molecule has 1 atom stereocenters. The molecule has 2 heterocycles. The second-order valence-corrected chi connectivity index (χ2v) is 7.28. The van der Waals surface area contributed by atoms with Gasteiger partial charge in [-0.15, -0.1) is 0 Å². The van der Waals surface area contributed by atoms with Gasteiger partial charge in [-0.1, -0.05) is 19.1 Å². The van der Waals surface area contributed by atoms with Crippen LogP contribution in [-0.4, -0.2) is 56.2 Å². The molecule has 2 aliphatic rings. The summed E-state index contributed by atoms with van der Waals surface area (Å²) in [4.78, 5) is 17.5. The predicted octanol–water partition coefficient (Wildman–Crippen LogP) is 2.92. The van der Waals surface area contributed by atoms with E-state index in [4.69, 9.17) is 9.47 Å². The molecular formula is C22H27N3O3. The van der Waals surface area contributed by atoms with Gasteiger partial charge in [0.1, 0.15) is 6.61 Å². The Hall–Kier alpha value is -2.73. The van der Waals surface area contributed by atoms with Gasteiger partial charge in [-0.3, -0.25) is 4.79 Å². The molecule has 148 valence electrons. The molecule has 0 aromatic heterocycles. The fourth-order valence-corrected chi connectivity index (χ4v) is 3.76. The third-order valence-corrected chi connectivity index (χ3v) is 5.43. The molecule has 6 heteroatoms. The maximum Gasteiger partial charge on any atom is 0.269 e. The number of benzene rings is 2. The van der Waals surface area contributed by atoms with Crippen LogP contribution in [0.1, 0.15) is 12.5 Å². The highest BCUT2D eigenvalue weighted by atomic mass is 16.6. The lowest BCUT2D eigenvalue weighted by atomic mass is 10.1. The van der Waals surface area contributed by atoms with Crippen LogP contribution in [0.15, 0.2) is 42.5 Å². The number of nitrogens with one attached hydrogen (secondary N) is 1. The number of hydrogen-bond acceptors (Lipinski definition) is 5. The number of amides is 1. The van der Waals surface area contributed by atoms with E-state index in [1.807, 2.05) is 36.4 Å². The summed E-state index contributed by atoms with van der Waals surface area (Å²) in [6.07, 6.45) is -0.656. The summed E-state index contributed by atoms with van der Waals surface area (Å²) in [5, 5.41) is 2.96. The SMILES string of the molecule is CCN1CCN(c2ccc(NC(=O)[C@@H]3COc4ccccc4O3)cc2C)CC1. The van der Waals surface area contributed by atoms with Crippen LogP contribution in [0.2, 0.25) is 0 Å². The number of ether oxygens (including phenoxy) is 2. The van der Waals surface area contributed by atoms with Gasteiger partial charge in [-0.2, -0.15) is 0 Å². The van der Waals surface area contributed by atoms with Gasteiger partial charge in [0.2, 0.25) is 6.10 Å². The fourth-order valence-electron chi connectivity index (χ4n) is 3.76. The quantitative estimate of drug-likeness (QED) is 0.883. The third-order valence-electron chi connectivity index (χ3n) is 5.43. The zero-order chi connectivity index (χ0) is 19.5. The Morgan fingerprint density at radius 2 is 1.86 bits per heavy atom. The Morgan fingerprint density at radius 3 is 2.57 bits per heavy atom. The molecule has 1 fully saturated rings. The van der Waals surface area contributed by atoms with Crippen LogP contribution in [0.5, 0.6) is 11.5 Å². The average Bonchev–Trinajstić information content (AvgIpc) is 2.73. The molecule has 0 spiro atoms. The molecule has 0 bridgehead atoms. The van der Waals surface area contributed by atoms with Crippen LogP contribution in [0, 0.1) is 6.92 Å². The summed E-state index contributed by atoms with van der Waals surface area (Å²) in [6.45, 7) is 9.87. The largest absolute Gasteiger partial charge is 0.485 e. The molecule has 0 unspecified atom stereocenters. The van der Waals surface area contributed by atoms with Crippen molar-refractivity contribution in [3.8, 4) is 11.5 Å². The van der Waals surface area contributed by atoms with Gasteiger partial charge in [0.25, 0.3) is 5.91 Å². The van der Waals surface area contributed by atoms with Crippen molar-refractivity contribution in [3.05, 3.63) is 48.0 Å². The van der Waals surface area contributed by atoms with E-state index in [2.05, 4.69) is 35.0 Å². The van der Waals surface area contributed by atoms with E-state index < -0.39 is 6.10 Å². The molecule has 2 aromatic rings. The number of nitrogens with zero attached hydrogens (tertiary/aromatic N) is 2. The van der Waals surface area contributed by atoms with Gasteiger partial charge in [0, 0.05) is 37.6 Å². The van der Waals surface area contributed by atoms with Crippen molar-refractivity contribution in [2.24, 2.45) is 0 Å². The van der Waals surface area contributed by atoms with Crippen LogP contribution in [0.25, 0.3) is 0 Å². The first-order chi connectivity index (χ1) is 13.6. The van der Waals surface area contributed by atoms with Crippen molar-refractivity contribution in [1.82, 2.24) is 4.90 Å². The minimum Gasteiger partial charge on any atom is -0.485 e. The van der Waals surface area contributed by atoms with Crippen molar-refractivity contribution in [2.45, 2.75) is 20.0 Å². The van der Waals surface area contributed by atoms with Crippen LogP contribution in [0.3, 0.4) is 0 Å². The summed E-state index contributed by atoms with van der Waals surface area (Å²) in [5.74, 6) is 1.08. The highest BCUT2D eigenvalue weighted by molar-refractivity contribution is 5.95. The number of hydrogen-bond donors (Lipinski definition) is 1. The number of carbonyl (C=O) groups excluding carboxylic acids is 1. The van der Waals surface area contributed by atoms with Crippen LogP contribution in [0.4, 0.5) is 11.4 Å². The smallest absolute Gasteiger partial charge is 0.269 e. The summed E-state index contributed by atoms with van der Waals surface area (Å²) in [5.41, 5.74) is 3.18. The van der Waals surface area contributed by atoms with Gasteiger partial charge in [-0.25, -0.2) is 0 Å². The zero-order valence-corrected chi connectivity index (χ0v) is 16.5. The molecule has 6 nitrogen and oxygen atoms in total. The van der Waals surface area contributed by atoms with E-state index in [0.717, 1.165) is 44.0 Å².